The second kappa shape index (κ2) is 6.04. The van der Waals surface area contributed by atoms with Crippen LogP contribution in [0.4, 0.5) is 14.5 Å². The third-order valence-electron chi connectivity index (χ3n) is 3.34. The van der Waals surface area contributed by atoms with Crippen molar-refractivity contribution in [3.8, 4) is 0 Å². The lowest BCUT2D eigenvalue weighted by molar-refractivity contribution is -0.116. The Morgan fingerprint density at radius 2 is 1.91 bits per heavy atom. The number of rotatable bonds is 4. The van der Waals surface area contributed by atoms with E-state index in [1.807, 2.05) is 0 Å². The molecule has 7 heteroatoms. The van der Waals surface area contributed by atoms with Gasteiger partial charge in [-0.1, -0.05) is 12.1 Å². The van der Waals surface area contributed by atoms with Crippen LogP contribution in [0.3, 0.4) is 0 Å². The molecule has 0 fully saturated rings. The van der Waals surface area contributed by atoms with Gasteiger partial charge in [-0.25, -0.2) is 13.6 Å². The summed E-state index contributed by atoms with van der Waals surface area (Å²) in [5, 5.41) is 2.45. The summed E-state index contributed by atoms with van der Waals surface area (Å²) >= 11 is 0. The maximum Gasteiger partial charge on any atom is 0.419 e. The second-order valence-electron chi connectivity index (χ2n) is 4.91. The molecule has 0 bridgehead atoms. The molecule has 0 saturated heterocycles. The predicted octanol–water partition coefficient (Wildman–Crippen LogP) is 2.90. The molecule has 23 heavy (non-hydrogen) atoms. The predicted molar refractivity (Wildman–Crippen MR) is 80.1 cm³/mol. The molecule has 0 saturated carbocycles. The first-order valence-corrected chi connectivity index (χ1v) is 6.88. The molecule has 1 amide bonds. The van der Waals surface area contributed by atoms with Crippen LogP contribution < -0.4 is 11.1 Å². The summed E-state index contributed by atoms with van der Waals surface area (Å²) in [6.07, 6.45) is -0.0115. The van der Waals surface area contributed by atoms with E-state index in [9.17, 15) is 18.4 Å². The molecule has 3 aromatic rings. The summed E-state index contributed by atoms with van der Waals surface area (Å²) in [5.74, 6) is -3.00. The monoisotopic (exact) mass is 318 g/mol. The minimum atomic E-state index is -1.04. The SMILES string of the molecule is O=C(CCn1c(=O)oc2ccccc21)Nc1ccc(F)c(F)c1. The number of hydrogen-bond donors (Lipinski definition) is 1. The van der Waals surface area contributed by atoms with Gasteiger partial charge in [-0.2, -0.15) is 0 Å². The number of benzene rings is 2. The average Bonchev–Trinajstić information content (AvgIpc) is 2.84. The first-order chi connectivity index (χ1) is 11.0. The molecule has 0 unspecified atom stereocenters. The van der Waals surface area contributed by atoms with Gasteiger partial charge in [0.05, 0.1) is 5.52 Å². The number of aryl methyl sites for hydroxylation is 1. The zero-order valence-electron chi connectivity index (χ0n) is 11.9. The van der Waals surface area contributed by atoms with E-state index in [0.29, 0.717) is 11.1 Å². The van der Waals surface area contributed by atoms with E-state index in [1.165, 1.54) is 10.6 Å². The molecular formula is C16H12F2N2O3. The van der Waals surface area contributed by atoms with Crippen molar-refractivity contribution in [2.75, 3.05) is 5.32 Å². The van der Waals surface area contributed by atoms with Gasteiger partial charge in [-0.05, 0) is 24.3 Å². The number of halogens is 2. The minimum Gasteiger partial charge on any atom is -0.408 e. The summed E-state index contributed by atoms with van der Waals surface area (Å²) in [5.41, 5.74) is 1.19. The second-order valence-corrected chi connectivity index (χ2v) is 4.91. The molecule has 1 aromatic heterocycles. The van der Waals surface area contributed by atoms with Gasteiger partial charge in [-0.15, -0.1) is 0 Å². The minimum absolute atomic E-state index is 0.0115. The molecule has 0 spiro atoms. The van der Waals surface area contributed by atoms with Crippen LogP contribution in [0.15, 0.2) is 51.7 Å². The van der Waals surface area contributed by atoms with E-state index in [4.69, 9.17) is 4.42 Å². The Morgan fingerprint density at radius 1 is 1.13 bits per heavy atom. The third kappa shape index (κ3) is 3.13. The molecule has 2 aromatic carbocycles. The number of aromatic nitrogens is 1. The number of carbonyl (C=O) groups is 1. The van der Waals surface area contributed by atoms with Crippen LogP contribution in [0.5, 0.6) is 0 Å². The number of amides is 1. The summed E-state index contributed by atoms with van der Waals surface area (Å²) in [4.78, 5) is 23.6. The molecule has 0 atom stereocenters. The lowest BCUT2D eigenvalue weighted by Gasteiger charge is -2.06. The topological polar surface area (TPSA) is 64.2 Å². The number of nitrogens with one attached hydrogen (secondary N) is 1. The highest BCUT2D eigenvalue weighted by molar-refractivity contribution is 5.90. The Hall–Kier alpha value is -2.96. The Bertz CT molecular complexity index is 930. The van der Waals surface area contributed by atoms with E-state index >= 15 is 0 Å². The Balaban J connectivity index is 1.70. The number of hydrogen-bond acceptors (Lipinski definition) is 3. The van der Waals surface area contributed by atoms with Crippen LogP contribution in [0.25, 0.3) is 11.1 Å². The van der Waals surface area contributed by atoms with Gasteiger partial charge in [0.15, 0.2) is 17.2 Å². The fourth-order valence-electron chi connectivity index (χ4n) is 2.24. The van der Waals surface area contributed by atoms with Crippen molar-refractivity contribution in [3.63, 3.8) is 0 Å². The molecule has 1 N–H and O–H groups in total. The van der Waals surface area contributed by atoms with Gasteiger partial charge < -0.3 is 9.73 Å². The van der Waals surface area contributed by atoms with Crippen molar-refractivity contribution >= 4 is 22.7 Å². The van der Waals surface area contributed by atoms with Gasteiger partial charge in [0.25, 0.3) is 0 Å². The van der Waals surface area contributed by atoms with Crippen molar-refractivity contribution < 1.29 is 18.0 Å². The van der Waals surface area contributed by atoms with Crippen LogP contribution in [0.1, 0.15) is 6.42 Å². The summed E-state index contributed by atoms with van der Waals surface area (Å²) in [6.45, 7) is 0.116. The van der Waals surface area contributed by atoms with Crippen molar-refractivity contribution in [2.45, 2.75) is 13.0 Å². The molecule has 118 valence electrons. The molecule has 0 radical (unpaired) electrons. The molecule has 3 rings (SSSR count). The molecule has 0 aliphatic heterocycles. The van der Waals surface area contributed by atoms with Crippen LogP contribution in [0.2, 0.25) is 0 Å². The van der Waals surface area contributed by atoms with Crippen LogP contribution in [0, 0.1) is 11.6 Å². The first kappa shape index (κ1) is 15.0. The fraction of sp³-hybridized carbons (Fsp3) is 0.125. The van der Waals surface area contributed by atoms with E-state index < -0.39 is 23.3 Å². The average molecular weight is 318 g/mol. The highest BCUT2D eigenvalue weighted by Crippen LogP contribution is 2.14. The summed E-state index contributed by atoms with van der Waals surface area (Å²) < 4.78 is 32.3. The standard InChI is InChI=1S/C16H12F2N2O3/c17-11-6-5-10(9-12(11)18)19-15(21)7-8-20-13-3-1-2-4-14(13)23-16(20)22/h1-6,9H,7-8H2,(H,19,21). The smallest absolute Gasteiger partial charge is 0.408 e. The quantitative estimate of drug-likeness (QED) is 0.804. The van der Waals surface area contributed by atoms with Gasteiger partial charge in [0.1, 0.15) is 0 Å². The van der Waals surface area contributed by atoms with Crippen LogP contribution >= 0.6 is 0 Å². The number of nitrogens with zero attached hydrogens (tertiary/aromatic N) is 1. The van der Waals surface area contributed by atoms with Crippen LogP contribution in [-0.4, -0.2) is 10.5 Å². The normalized spacial score (nSPS) is 10.9. The van der Waals surface area contributed by atoms with E-state index in [2.05, 4.69) is 5.32 Å². The van der Waals surface area contributed by atoms with E-state index in [1.54, 1.807) is 24.3 Å². The number of anilines is 1. The maximum absolute atomic E-state index is 13.1. The molecule has 5 nitrogen and oxygen atoms in total. The Labute approximate surface area is 129 Å². The van der Waals surface area contributed by atoms with E-state index in [-0.39, 0.29) is 18.7 Å². The number of carbonyl (C=O) groups excluding carboxylic acids is 1. The Kier molecular flexibility index (Phi) is 3.92. The van der Waals surface area contributed by atoms with Gasteiger partial charge in [0, 0.05) is 24.7 Å². The third-order valence-corrected chi connectivity index (χ3v) is 3.34. The summed E-state index contributed by atoms with van der Waals surface area (Å²) in [7, 11) is 0. The van der Waals surface area contributed by atoms with Crippen molar-refractivity contribution in [3.05, 3.63) is 64.6 Å². The number of fused-ring (bicyclic) bond motifs is 1. The summed E-state index contributed by atoms with van der Waals surface area (Å²) in [6, 6.07) is 9.96. The largest absolute Gasteiger partial charge is 0.419 e. The number of oxazole rings is 1. The molecule has 0 aliphatic rings. The van der Waals surface area contributed by atoms with Gasteiger partial charge in [-0.3, -0.25) is 9.36 Å². The lowest BCUT2D eigenvalue weighted by Crippen LogP contribution is -2.19. The van der Waals surface area contributed by atoms with Crippen molar-refractivity contribution in [2.24, 2.45) is 0 Å². The first-order valence-electron chi connectivity index (χ1n) is 6.88. The highest BCUT2D eigenvalue weighted by atomic mass is 19.2. The lowest BCUT2D eigenvalue weighted by atomic mass is 10.3. The molecular weight excluding hydrogens is 306 g/mol. The van der Waals surface area contributed by atoms with Crippen molar-refractivity contribution in [1.29, 1.82) is 0 Å². The molecule has 0 aliphatic carbocycles. The van der Waals surface area contributed by atoms with Crippen molar-refractivity contribution in [1.82, 2.24) is 4.57 Å². The molecule has 1 heterocycles. The zero-order chi connectivity index (χ0) is 16.4. The van der Waals surface area contributed by atoms with Gasteiger partial charge in [0.2, 0.25) is 5.91 Å². The Morgan fingerprint density at radius 3 is 2.70 bits per heavy atom. The van der Waals surface area contributed by atoms with E-state index in [0.717, 1.165) is 12.1 Å². The fourth-order valence-corrected chi connectivity index (χ4v) is 2.24. The number of para-hydroxylation sites is 2. The van der Waals surface area contributed by atoms with Gasteiger partial charge >= 0.3 is 5.76 Å². The van der Waals surface area contributed by atoms with Crippen LogP contribution in [-0.2, 0) is 11.3 Å². The highest BCUT2D eigenvalue weighted by Gasteiger charge is 2.11. The maximum atomic E-state index is 13.1. The zero-order valence-corrected chi connectivity index (χ0v) is 11.9.